The Morgan fingerprint density at radius 1 is 0.947 bits per heavy atom. The summed E-state index contributed by atoms with van der Waals surface area (Å²) in [5, 5.41) is 7.68. The number of ether oxygens (including phenoxy) is 1. The number of rotatable bonds is 9. The van der Waals surface area contributed by atoms with Gasteiger partial charge in [-0.25, -0.2) is 4.79 Å². The third-order valence-corrected chi connectivity index (χ3v) is 6.37. The highest BCUT2D eigenvalue weighted by Gasteiger charge is 2.33. The molecule has 3 amide bonds. The summed E-state index contributed by atoms with van der Waals surface area (Å²) in [5.41, 5.74) is 2.70. The van der Waals surface area contributed by atoms with Gasteiger partial charge < -0.3 is 20.3 Å². The zero-order valence-corrected chi connectivity index (χ0v) is 23.3. The Kier molecular flexibility index (Phi) is 9.50. The van der Waals surface area contributed by atoms with Crippen LogP contribution in [0.5, 0.6) is 0 Å². The number of nitrogens with zero attached hydrogens (tertiary/aromatic N) is 1. The molecule has 0 aliphatic rings. The predicted octanol–water partition coefficient (Wildman–Crippen LogP) is 6.29. The summed E-state index contributed by atoms with van der Waals surface area (Å²) in [5.74, 6) is -0.667. The Hall–Kier alpha value is -3.87. The summed E-state index contributed by atoms with van der Waals surface area (Å²) >= 11 is 0. The molecule has 0 radical (unpaired) electrons. The molecule has 0 bridgehead atoms. The molecule has 1 atom stereocenters. The normalized spacial score (nSPS) is 12.1. The van der Waals surface area contributed by atoms with E-state index in [9.17, 15) is 14.4 Å². The molecule has 3 rings (SSSR count). The zero-order chi connectivity index (χ0) is 27.9. The van der Waals surface area contributed by atoms with Crippen molar-refractivity contribution in [2.45, 2.75) is 66.0 Å². The van der Waals surface area contributed by atoms with Crippen molar-refractivity contribution in [2.24, 2.45) is 0 Å². The van der Waals surface area contributed by atoms with E-state index in [4.69, 9.17) is 4.74 Å². The van der Waals surface area contributed by atoms with Gasteiger partial charge in [-0.05, 0) is 80.6 Å². The topological polar surface area (TPSA) is 87.7 Å². The summed E-state index contributed by atoms with van der Waals surface area (Å²) in [6.45, 7) is 11.4. The fourth-order valence-corrected chi connectivity index (χ4v) is 4.29. The minimum Gasteiger partial charge on any atom is -0.444 e. The van der Waals surface area contributed by atoms with E-state index in [0.717, 1.165) is 33.9 Å². The van der Waals surface area contributed by atoms with Gasteiger partial charge in [-0.3, -0.25) is 9.59 Å². The fourth-order valence-electron chi connectivity index (χ4n) is 4.29. The minimum atomic E-state index is -0.874. The third kappa shape index (κ3) is 7.57. The summed E-state index contributed by atoms with van der Waals surface area (Å²) < 4.78 is 5.29. The first-order chi connectivity index (χ1) is 18.0. The van der Waals surface area contributed by atoms with E-state index < -0.39 is 17.7 Å². The smallest absolute Gasteiger partial charge is 0.408 e. The highest BCUT2D eigenvalue weighted by Crippen LogP contribution is 2.29. The number of hydrogen-bond acceptors (Lipinski definition) is 4. The molecule has 3 aromatic carbocycles. The lowest BCUT2D eigenvalue weighted by Gasteiger charge is -2.33. The second-order valence-electron chi connectivity index (χ2n) is 10.5. The van der Waals surface area contributed by atoms with Crippen LogP contribution in [0.25, 0.3) is 10.8 Å². The molecule has 0 heterocycles. The maximum atomic E-state index is 13.9. The number of carbonyl (C=O) groups is 3. The molecule has 0 aliphatic heterocycles. The number of alkyl carbamates (subject to hydrolysis) is 1. The van der Waals surface area contributed by atoms with Crippen molar-refractivity contribution in [2.75, 3.05) is 18.4 Å². The summed E-state index contributed by atoms with van der Waals surface area (Å²) in [7, 11) is 0. The van der Waals surface area contributed by atoms with Gasteiger partial charge >= 0.3 is 6.09 Å². The Morgan fingerprint density at radius 3 is 2.34 bits per heavy atom. The number of amides is 3. The molecule has 202 valence electrons. The first-order valence-corrected chi connectivity index (χ1v) is 13.1. The maximum absolute atomic E-state index is 13.9. The first kappa shape index (κ1) is 28.7. The molecule has 2 N–H and O–H groups in total. The average Bonchev–Trinajstić information content (AvgIpc) is 2.86. The van der Waals surface area contributed by atoms with E-state index in [1.165, 1.54) is 0 Å². The van der Waals surface area contributed by atoms with E-state index in [2.05, 4.69) is 10.6 Å². The molecular formula is C31H39N3O4. The third-order valence-electron chi connectivity index (χ3n) is 6.37. The van der Waals surface area contributed by atoms with Crippen LogP contribution in [0.1, 0.15) is 63.3 Å². The first-order valence-electron chi connectivity index (χ1n) is 13.1. The highest BCUT2D eigenvalue weighted by atomic mass is 16.6. The molecule has 0 saturated carbocycles. The predicted molar refractivity (Wildman–Crippen MR) is 152 cm³/mol. The lowest BCUT2D eigenvalue weighted by molar-refractivity contribution is -0.138. The average molecular weight is 518 g/mol. The molecular weight excluding hydrogens is 478 g/mol. The van der Waals surface area contributed by atoms with Crippen molar-refractivity contribution in [3.63, 3.8) is 0 Å². The Morgan fingerprint density at radius 2 is 1.66 bits per heavy atom. The molecule has 3 aromatic rings. The minimum absolute atomic E-state index is 0.275. The van der Waals surface area contributed by atoms with Crippen LogP contribution in [-0.4, -0.2) is 41.5 Å². The van der Waals surface area contributed by atoms with E-state index in [1.807, 2.05) is 81.4 Å². The van der Waals surface area contributed by atoms with Crippen LogP contribution in [0.15, 0.2) is 60.7 Å². The van der Waals surface area contributed by atoms with Crippen LogP contribution in [0, 0.1) is 13.8 Å². The molecule has 0 spiro atoms. The number of aryl methyl sites for hydroxylation is 1. The van der Waals surface area contributed by atoms with Gasteiger partial charge in [0, 0.05) is 12.2 Å². The summed E-state index contributed by atoms with van der Waals surface area (Å²) in [4.78, 5) is 41.3. The number of fused-ring (bicyclic) bond motifs is 1. The van der Waals surface area contributed by atoms with Gasteiger partial charge in [0.2, 0.25) is 5.91 Å². The van der Waals surface area contributed by atoms with Crippen LogP contribution in [0.4, 0.5) is 10.5 Å². The van der Waals surface area contributed by atoms with Crippen LogP contribution >= 0.6 is 0 Å². The molecule has 0 fully saturated rings. The Balaban J connectivity index is 1.95. The van der Waals surface area contributed by atoms with Crippen molar-refractivity contribution >= 4 is 34.4 Å². The molecule has 7 nitrogen and oxygen atoms in total. The van der Waals surface area contributed by atoms with E-state index in [-0.39, 0.29) is 18.4 Å². The number of unbranched alkanes of at least 4 members (excludes halogenated alkanes) is 1. The molecule has 0 aliphatic carbocycles. The van der Waals surface area contributed by atoms with Gasteiger partial charge in [-0.1, -0.05) is 61.9 Å². The fraction of sp³-hybridized carbons (Fsp3) is 0.387. The van der Waals surface area contributed by atoms with Gasteiger partial charge in [-0.15, -0.1) is 0 Å². The molecule has 1 unspecified atom stereocenters. The number of benzene rings is 3. The highest BCUT2D eigenvalue weighted by molar-refractivity contribution is 6.00. The number of hydrogen-bond donors (Lipinski definition) is 2. The summed E-state index contributed by atoms with van der Waals surface area (Å²) in [6.07, 6.45) is 0.878. The van der Waals surface area contributed by atoms with Crippen LogP contribution < -0.4 is 10.6 Å². The van der Waals surface area contributed by atoms with Gasteiger partial charge in [0.25, 0.3) is 5.91 Å². The van der Waals surface area contributed by atoms with Gasteiger partial charge in [0.1, 0.15) is 18.2 Å². The second kappa shape index (κ2) is 12.6. The lowest BCUT2D eigenvalue weighted by Crippen LogP contribution is -2.47. The Bertz CT molecular complexity index is 1300. The van der Waals surface area contributed by atoms with Gasteiger partial charge in [-0.2, -0.15) is 0 Å². The van der Waals surface area contributed by atoms with Crippen molar-refractivity contribution in [3.8, 4) is 0 Å². The van der Waals surface area contributed by atoms with E-state index >= 15 is 0 Å². The van der Waals surface area contributed by atoms with Crippen molar-refractivity contribution < 1.29 is 19.1 Å². The molecule has 38 heavy (non-hydrogen) atoms. The number of nitrogens with one attached hydrogen (secondary N) is 2. The van der Waals surface area contributed by atoms with Crippen LogP contribution in [-0.2, 0) is 14.3 Å². The van der Waals surface area contributed by atoms with E-state index in [0.29, 0.717) is 18.7 Å². The number of carbonyl (C=O) groups excluding carboxylic acids is 3. The van der Waals surface area contributed by atoms with E-state index in [1.54, 1.807) is 25.7 Å². The monoisotopic (exact) mass is 517 g/mol. The van der Waals surface area contributed by atoms with Gasteiger partial charge in [0.15, 0.2) is 0 Å². The molecule has 7 heteroatoms. The second-order valence-corrected chi connectivity index (χ2v) is 10.5. The lowest BCUT2D eigenvalue weighted by atomic mass is 9.95. The van der Waals surface area contributed by atoms with Crippen molar-refractivity contribution in [1.82, 2.24) is 10.2 Å². The van der Waals surface area contributed by atoms with Crippen LogP contribution in [0.2, 0.25) is 0 Å². The largest absolute Gasteiger partial charge is 0.444 e. The SMILES string of the molecule is CCCCN(C(=O)CNC(=O)OC(C)(C)C)C(C(=O)Nc1ccc2ccccc2c1)c1cccc(C)c1C. The molecule has 0 saturated heterocycles. The van der Waals surface area contributed by atoms with Crippen molar-refractivity contribution in [3.05, 3.63) is 77.4 Å². The standard InChI is InChI=1S/C31H39N3O4/c1-7-8-18-34(27(35)20-32-30(37)38-31(4,5)6)28(26-15-11-12-21(2)22(26)3)29(36)33-25-17-16-23-13-9-10-14-24(23)19-25/h9-17,19,28H,7-8,18,20H2,1-6H3,(H,32,37)(H,33,36). The van der Waals surface area contributed by atoms with Crippen molar-refractivity contribution in [1.29, 1.82) is 0 Å². The Labute approximate surface area is 225 Å². The molecule has 0 aromatic heterocycles. The zero-order valence-electron chi connectivity index (χ0n) is 23.3. The van der Waals surface area contributed by atoms with Gasteiger partial charge in [0.05, 0.1) is 0 Å². The number of anilines is 1. The quantitative estimate of drug-likeness (QED) is 0.349. The van der Waals surface area contributed by atoms with Crippen LogP contribution in [0.3, 0.4) is 0 Å². The maximum Gasteiger partial charge on any atom is 0.408 e. The summed E-state index contributed by atoms with van der Waals surface area (Å²) in [6, 6.07) is 18.6.